The fourth-order valence-corrected chi connectivity index (χ4v) is 4.09. The summed E-state index contributed by atoms with van der Waals surface area (Å²) in [4.78, 5) is 0.327. The van der Waals surface area contributed by atoms with Gasteiger partial charge in [0.05, 0.1) is 10.8 Å². The number of rotatable bonds is 8. The van der Waals surface area contributed by atoms with E-state index in [0.717, 1.165) is 12.8 Å². The van der Waals surface area contributed by atoms with Crippen molar-refractivity contribution in [3.8, 4) is 5.75 Å². The van der Waals surface area contributed by atoms with Crippen LogP contribution >= 0.6 is 11.6 Å². The third kappa shape index (κ3) is 4.34. The Morgan fingerprint density at radius 2 is 1.90 bits per heavy atom. The third-order valence-electron chi connectivity index (χ3n) is 3.28. The molecule has 21 heavy (non-hydrogen) atoms. The Morgan fingerprint density at radius 1 is 1.29 bits per heavy atom. The van der Waals surface area contributed by atoms with Crippen molar-refractivity contribution in [2.75, 3.05) is 19.0 Å². The van der Waals surface area contributed by atoms with Gasteiger partial charge in [-0.15, -0.1) is 11.6 Å². The van der Waals surface area contributed by atoms with Gasteiger partial charge in [0, 0.05) is 12.6 Å². The van der Waals surface area contributed by atoms with Gasteiger partial charge >= 0.3 is 0 Å². The molecule has 1 aromatic rings. The number of ether oxygens (including phenoxy) is 1. The molecule has 0 N–H and O–H groups in total. The van der Waals surface area contributed by atoms with Crippen LogP contribution in [0.15, 0.2) is 29.2 Å². The molecule has 0 radical (unpaired) electrons. The predicted molar refractivity (Wildman–Crippen MR) is 84.4 cm³/mol. The van der Waals surface area contributed by atoms with Gasteiger partial charge in [0.2, 0.25) is 10.0 Å². The summed E-state index contributed by atoms with van der Waals surface area (Å²) < 4.78 is 32.5. The van der Waals surface area contributed by atoms with Crippen LogP contribution in [-0.4, -0.2) is 37.8 Å². The molecule has 1 fully saturated rings. The van der Waals surface area contributed by atoms with Crippen molar-refractivity contribution in [3.63, 3.8) is 0 Å². The summed E-state index contributed by atoms with van der Waals surface area (Å²) in [7, 11) is -3.42. The topological polar surface area (TPSA) is 46.6 Å². The molecule has 0 unspecified atom stereocenters. The van der Waals surface area contributed by atoms with Crippen LogP contribution in [0.25, 0.3) is 0 Å². The first-order valence-corrected chi connectivity index (χ1v) is 9.23. The van der Waals surface area contributed by atoms with Crippen LogP contribution in [0.1, 0.15) is 26.7 Å². The number of alkyl halides is 1. The van der Waals surface area contributed by atoms with Gasteiger partial charge in [-0.3, -0.25) is 0 Å². The summed E-state index contributed by atoms with van der Waals surface area (Å²) >= 11 is 5.56. The number of hydrogen-bond donors (Lipinski definition) is 0. The van der Waals surface area contributed by atoms with Gasteiger partial charge in [0.1, 0.15) is 12.4 Å². The Bertz CT molecular complexity index is 553. The summed E-state index contributed by atoms with van der Waals surface area (Å²) in [6.45, 7) is 5.05. The fourth-order valence-electron chi connectivity index (χ4n) is 2.17. The summed E-state index contributed by atoms with van der Waals surface area (Å²) in [5, 5.41) is 0. The van der Waals surface area contributed by atoms with Gasteiger partial charge in [0.25, 0.3) is 0 Å². The Balaban J connectivity index is 2.17. The van der Waals surface area contributed by atoms with Crippen molar-refractivity contribution >= 4 is 21.6 Å². The second kappa shape index (κ2) is 6.99. The molecule has 1 saturated carbocycles. The molecule has 4 nitrogen and oxygen atoms in total. The van der Waals surface area contributed by atoms with Gasteiger partial charge in [-0.1, -0.05) is 13.8 Å². The lowest BCUT2D eigenvalue weighted by atomic mass is 10.2. The van der Waals surface area contributed by atoms with Crippen molar-refractivity contribution < 1.29 is 13.2 Å². The number of benzene rings is 1. The molecule has 0 saturated heterocycles. The van der Waals surface area contributed by atoms with E-state index in [0.29, 0.717) is 35.6 Å². The van der Waals surface area contributed by atoms with Crippen LogP contribution in [0.5, 0.6) is 5.75 Å². The predicted octanol–water partition coefficient (Wildman–Crippen LogP) is 3.11. The first-order chi connectivity index (χ1) is 9.95. The molecule has 0 spiro atoms. The minimum Gasteiger partial charge on any atom is -0.492 e. The molecule has 0 amide bonds. The minimum atomic E-state index is -3.42. The average Bonchev–Trinajstić information content (AvgIpc) is 3.27. The Hall–Kier alpha value is -0.780. The Morgan fingerprint density at radius 3 is 2.38 bits per heavy atom. The second-order valence-electron chi connectivity index (χ2n) is 5.71. The maximum atomic E-state index is 12.7. The van der Waals surface area contributed by atoms with Gasteiger partial charge < -0.3 is 4.74 Å². The van der Waals surface area contributed by atoms with Gasteiger partial charge in [-0.2, -0.15) is 4.31 Å². The largest absolute Gasteiger partial charge is 0.492 e. The number of nitrogens with zero attached hydrogens (tertiary/aromatic N) is 1. The van der Waals surface area contributed by atoms with E-state index in [1.165, 1.54) is 0 Å². The summed E-state index contributed by atoms with van der Waals surface area (Å²) in [6.07, 6.45) is 1.92. The molecule has 1 aromatic carbocycles. The van der Waals surface area contributed by atoms with E-state index in [1.807, 2.05) is 13.8 Å². The van der Waals surface area contributed by atoms with Crippen molar-refractivity contribution in [2.45, 2.75) is 37.6 Å². The zero-order valence-corrected chi connectivity index (χ0v) is 14.0. The van der Waals surface area contributed by atoms with E-state index in [9.17, 15) is 8.42 Å². The molecule has 0 bridgehead atoms. The molecule has 1 aliphatic carbocycles. The molecule has 1 aliphatic rings. The van der Waals surface area contributed by atoms with Crippen LogP contribution in [-0.2, 0) is 10.0 Å². The van der Waals surface area contributed by atoms with E-state index in [2.05, 4.69) is 0 Å². The number of sulfonamides is 1. The fraction of sp³-hybridized carbons (Fsp3) is 0.600. The molecular formula is C15H22ClNO3S. The molecule has 6 heteroatoms. The maximum Gasteiger partial charge on any atom is 0.243 e. The molecule has 0 atom stereocenters. The molecule has 118 valence electrons. The van der Waals surface area contributed by atoms with E-state index < -0.39 is 10.0 Å². The lowest BCUT2D eigenvalue weighted by Crippen LogP contribution is -2.36. The first-order valence-electron chi connectivity index (χ1n) is 7.26. The van der Waals surface area contributed by atoms with Crippen LogP contribution < -0.4 is 4.74 Å². The highest BCUT2D eigenvalue weighted by molar-refractivity contribution is 7.89. The number of halogens is 1. The van der Waals surface area contributed by atoms with Crippen LogP contribution in [0, 0.1) is 5.92 Å². The standard InChI is InChI=1S/C15H22ClNO3S/c1-12(2)11-17(13-3-4-13)21(18,19)15-7-5-14(6-8-15)20-10-9-16/h5-8,12-13H,3-4,9-11H2,1-2H3. The Labute approximate surface area is 132 Å². The van der Waals surface area contributed by atoms with Crippen LogP contribution in [0.2, 0.25) is 0 Å². The number of hydrogen-bond acceptors (Lipinski definition) is 3. The summed E-state index contributed by atoms with van der Waals surface area (Å²) in [5.41, 5.74) is 0. The lowest BCUT2D eigenvalue weighted by molar-refractivity contribution is 0.342. The van der Waals surface area contributed by atoms with Crippen LogP contribution in [0.4, 0.5) is 0 Å². The van der Waals surface area contributed by atoms with Gasteiger partial charge in [-0.05, 0) is 43.0 Å². The lowest BCUT2D eigenvalue weighted by Gasteiger charge is -2.23. The van der Waals surface area contributed by atoms with Gasteiger partial charge in [0.15, 0.2) is 0 Å². The van der Waals surface area contributed by atoms with Crippen molar-refractivity contribution in [3.05, 3.63) is 24.3 Å². The SMILES string of the molecule is CC(C)CN(C1CC1)S(=O)(=O)c1ccc(OCCCl)cc1. The highest BCUT2D eigenvalue weighted by Crippen LogP contribution is 2.33. The molecule has 0 aromatic heterocycles. The highest BCUT2D eigenvalue weighted by Gasteiger charge is 2.38. The second-order valence-corrected chi connectivity index (χ2v) is 7.98. The molecular weight excluding hydrogens is 310 g/mol. The third-order valence-corrected chi connectivity index (χ3v) is 5.36. The van der Waals surface area contributed by atoms with Crippen molar-refractivity contribution in [2.24, 2.45) is 5.92 Å². The van der Waals surface area contributed by atoms with Crippen molar-refractivity contribution in [1.29, 1.82) is 0 Å². The van der Waals surface area contributed by atoms with E-state index in [1.54, 1.807) is 28.6 Å². The Kier molecular flexibility index (Phi) is 5.52. The minimum absolute atomic E-state index is 0.171. The summed E-state index contributed by atoms with van der Waals surface area (Å²) in [6, 6.07) is 6.74. The average molecular weight is 332 g/mol. The molecule has 2 rings (SSSR count). The van der Waals surface area contributed by atoms with Crippen molar-refractivity contribution in [1.82, 2.24) is 4.31 Å². The zero-order chi connectivity index (χ0) is 15.5. The van der Waals surface area contributed by atoms with Gasteiger partial charge in [-0.25, -0.2) is 8.42 Å². The molecule has 0 aliphatic heterocycles. The normalized spacial score (nSPS) is 15.7. The van der Waals surface area contributed by atoms with Crippen LogP contribution in [0.3, 0.4) is 0 Å². The summed E-state index contributed by atoms with van der Waals surface area (Å²) in [5.74, 6) is 1.35. The van der Waals surface area contributed by atoms with E-state index in [4.69, 9.17) is 16.3 Å². The molecule has 0 heterocycles. The van der Waals surface area contributed by atoms with E-state index in [-0.39, 0.29) is 6.04 Å². The van der Waals surface area contributed by atoms with E-state index >= 15 is 0 Å². The smallest absolute Gasteiger partial charge is 0.243 e. The first kappa shape index (κ1) is 16.6. The quantitative estimate of drug-likeness (QED) is 0.688. The zero-order valence-electron chi connectivity index (χ0n) is 12.5. The monoisotopic (exact) mass is 331 g/mol. The maximum absolute atomic E-state index is 12.7. The highest BCUT2D eigenvalue weighted by atomic mass is 35.5.